The highest BCUT2D eigenvalue weighted by molar-refractivity contribution is 5.16. The summed E-state index contributed by atoms with van der Waals surface area (Å²) < 4.78 is 0. The minimum atomic E-state index is 0.267. The van der Waals surface area contributed by atoms with Gasteiger partial charge in [0, 0.05) is 6.04 Å². The molecule has 0 spiro atoms. The summed E-state index contributed by atoms with van der Waals surface area (Å²) in [6, 6.07) is 10.8. The van der Waals surface area contributed by atoms with E-state index in [-0.39, 0.29) is 6.61 Å². The zero-order valence-electron chi connectivity index (χ0n) is 10.7. The Morgan fingerprint density at radius 2 is 1.88 bits per heavy atom. The fourth-order valence-corrected chi connectivity index (χ4v) is 2.59. The number of nitrogens with zero attached hydrogens (tertiary/aromatic N) is 1. The van der Waals surface area contributed by atoms with E-state index < -0.39 is 0 Å². The maximum atomic E-state index is 9.56. The molecule has 1 aromatic carbocycles. The highest BCUT2D eigenvalue weighted by atomic mass is 16.3. The van der Waals surface area contributed by atoms with Crippen LogP contribution in [0.3, 0.4) is 0 Å². The zero-order valence-corrected chi connectivity index (χ0v) is 10.7. The molecule has 0 saturated carbocycles. The topological polar surface area (TPSA) is 23.5 Å². The molecule has 94 valence electrons. The number of hydrogen-bond donors (Lipinski definition) is 1. The van der Waals surface area contributed by atoms with Crippen molar-refractivity contribution in [1.82, 2.24) is 4.90 Å². The molecular formula is C15H23NO. The SMILES string of the molecule is CC1CCN([C@H](CO)Cc2ccccc2)CC1. The van der Waals surface area contributed by atoms with Gasteiger partial charge in [0.05, 0.1) is 6.61 Å². The Bertz CT molecular complexity index is 317. The molecule has 1 fully saturated rings. The van der Waals surface area contributed by atoms with Gasteiger partial charge in [-0.25, -0.2) is 0 Å². The molecule has 2 heteroatoms. The molecule has 0 amide bonds. The van der Waals surface area contributed by atoms with Gasteiger partial charge in [-0.1, -0.05) is 37.3 Å². The summed E-state index contributed by atoms with van der Waals surface area (Å²) >= 11 is 0. The van der Waals surface area contributed by atoms with Crippen LogP contribution in [0.4, 0.5) is 0 Å². The summed E-state index contributed by atoms with van der Waals surface area (Å²) in [6.07, 6.45) is 3.50. The second kappa shape index (κ2) is 6.18. The maximum absolute atomic E-state index is 9.56. The summed E-state index contributed by atoms with van der Waals surface area (Å²) in [4.78, 5) is 2.45. The molecule has 2 rings (SSSR count). The Balaban J connectivity index is 1.92. The van der Waals surface area contributed by atoms with Crippen molar-refractivity contribution in [2.24, 2.45) is 5.92 Å². The largest absolute Gasteiger partial charge is 0.395 e. The summed E-state index contributed by atoms with van der Waals surface area (Å²) in [5, 5.41) is 9.56. The molecule has 0 radical (unpaired) electrons. The van der Waals surface area contributed by atoms with Crippen LogP contribution >= 0.6 is 0 Å². The molecule has 1 N–H and O–H groups in total. The third-order valence-electron chi connectivity index (χ3n) is 3.86. The van der Waals surface area contributed by atoms with Crippen LogP contribution in [-0.4, -0.2) is 35.7 Å². The molecule has 1 aromatic rings. The van der Waals surface area contributed by atoms with E-state index in [1.807, 2.05) is 6.07 Å². The normalized spacial score (nSPS) is 20.4. The van der Waals surface area contributed by atoms with Crippen LogP contribution in [0, 0.1) is 5.92 Å². The van der Waals surface area contributed by atoms with Crippen molar-refractivity contribution in [2.45, 2.75) is 32.2 Å². The van der Waals surface area contributed by atoms with E-state index in [4.69, 9.17) is 0 Å². The van der Waals surface area contributed by atoms with E-state index in [0.717, 1.165) is 25.4 Å². The minimum Gasteiger partial charge on any atom is -0.395 e. The molecule has 0 aromatic heterocycles. The zero-order chi connectivity index (χ0) is 12.1. The molecule has 1 aliphatic rings. The van der Waals surface area contributed by atoms with Gasteiger partial charge in [-0.05, 0) is 43.8 Å². The Hall–Kier alpha value is -0.860. The third-order valence-corrected chi connectivity index (χ3v) is 3.86. The molecule has 2 nitrogen and oxygen atoms in total. The lowest BCUT2D eigenvalue weighted by molar-refractivity contribution is 0.0897. The molecule has 0 aliphatic carbocycles. The number of aliphatic hydroxyl groups is 1. The third kappa shape index (κ3) is 3.55. The highest BCUT2D eigenvalue weighted by Gasteiger charge is 2.22. The summed E-state index contributed by atoms with van der Waals surface area (Å²) in [6.45, 7) is 4.87. The average molecular weight is 233 g/mol. The van der Waals surface area contributed by atoms with Crippen LogP contribution in [0.1, 0.15) is 25.3 Å². The molecular weight excluding hydrogens is 210 g/mol. The molecule has 0 bridgehead atoms. The highest BCUT2D eigenvalue weighted by Crippen LogP contribution is 2.19. The summed E-state index contributed by atoms with van der Waals surface area (Å²) in [5.41, 5.74) is 1.32. The molecule has 17 heavy (non-hydrogen) atoms. The summed E-state index contributed by atoms with van der Waals surface area (Å²) in [7, 11) is 0. The van der Waals surface area contributed by atoms with Crippen molar-refractivity contribution < 1.29 is 5.11 Å². The van der Waals surface area contributed by atoms with Crippen LogP contribution in [0.15, 0.2) is 30.3 Å². The first-order chi connectivity index (χ1) is 8.29. The van der Waals surface area contributed by atoms with Crippen molar-refractivity contribution in [1.29, 1.82) is 0 Å². The van der Waals surface area contributed by atoms with Crippen molar-refractivity contribution in [3.8, 4) is 0 Å². The van der Waals surface area contributed by atoms with E-state index in [1.54, 1.807) is 0 Å². The van der Waals surface area contributed by atoms with Gasteiger partial charge in [0.25, 0.3) is 0 Å². The van der Waals surface area contributed by atoms with Gasteiger partial charge >= 0.3 is 0 Å². The molecule has 1 atom stereocenters. The number of aliphatic hydroxyl groups excluding tert-OH is 1. The fraction of sp³-hybridized carbons (Fsp3) is 0.600. The average Bonchev–Trinajstić information content (AvgIpc) is 2.38. The molecule has 1 aliphatic heterocycles. The van der Waals surface area contributed by atoms with Gasteiger partial charge in [0.2, 0.25) is 0 Å². The smallest absolute Gasteiger partial charge is 0.0590 e. The van der Waals surface area contributed by atoms with Gasteiger partial charge in [-0.15, -0.1) is 0 Å². The van der Waals surface area contributed by atoms with E-state index in [1.165, 1.54) is 18.4 Å². The van der Waals surface area contributed by atoms with Gasteiger partial charge in [0.15, 0.2) is 0 Å². The number of piperidine rings is 1. The first-order valence-electron chi connectivity index (χ1n) is 6.68. The maximum Gasteiger partial charge on any atom is 0.0590 e. The van der Waals surface area contributed by atoms with E-state index in [0.29, 0.717) is 6.04 Å². The minimum absolute atomic E-state index is 0.267. The quantitative estimate of drug-likeness (QED) is 0.862. The van der Waals surface area contributed by atoms with Crippen molar-refractivity contribution in [2.75, 3.05) is 19.7 Å². The van der Waals surface area contributed by atoms with Crippen LogP contribution in [-0.2, 0) is 6.42 Å². The van der Waals surface area contributed by atoms with Crippen LogP contribution in [0.2, 0.25) is 0 Å². The van der Waals surface area contributed by atoms with Crippen LogP contribution < -0.4 is 0 Å². The number of benzene rings is 1. The predicted molar refractivity (Wildman–Crippen MR) is 71.0 cm³/mol. The lowest BCUT2D eigenvalue weighted by Crippen LogP contribution is -2.44. The summed E-state index contributed by atoms with van der Waals surface area (Å²) in [5.74, 6) is 0.849. The number of likely N-dealkylation sites (tertiary alicyclic amines) is 1. The lowest BCUT2D eigenvalue weighted by atomic mass is 9.96. The Labute approximate surface area is 104 Å². The number of rotatable bonds is 4. The fourth-order valence-electron chi connectivity index (χ4n) is 2.59. The second-order valence-electron chi connectivity index (χ2n) is 5.24. The van der Waals surface area contributed by atoms with Crippen molar-refractivity contribution in [3.63, 3.8) is 0 Å². The standard InChI is InChI=1S/C15H23NO/c1-13-7-9-16(10-8-13)15(12-17)11-14-5-3-2-4-6-14/h2-6,13,15,17H,7-12H2,1H3/t15-/m0/s1. The lowest BCUT2D eigenvalue weighted by Gasteiger charge is -2.36. The Morgan fingerprint density at radius 3 is 2.47 bits per heavy atom. The van der Waals surface area contributed by atoms with Gasteiger partial charge in [-0.2, -0.15) is 0 Å². The van der Waals surface area contributed by atoms with Gasteiger partial charge in [-0.3, -0.25) is 4.90 Å². The second-order valence-corrected chi connectivity index (χ2v) is 5.24. The van der Waals surface area contributed by atoms with Crippen molar-refractivity contribution in [3.05, 3.63) is 35.9 Å². The van der Waals surface area contributed by atoms with Crippen LogP contribution in [0.5, 0.6) is 0 Å². The monoisotopic (exact) mass is 233 g/mol. The van der Waals surface area contributed by atoms with E-state index in [9.17, 15) is 5.11 Å². The Morgan fingerprint density at radius 1 is 1.24 bits per heavy atom. The van der Waals surface area contributed by atoms with Gasteiger partial charge in [0.1, 0.15) is 0 Å². The van der Waals surface area contributed by atoms with E-state index >= 15 is 0 Å². The van der Waals surface area contributed by atoms with Crippen molar-refractivity contribution >= 4 is 0 Å². The van der Waals surface area contributed by atoms with E-state index in [2.05, 4.69) is 36.1 Å². The van der Waals surface area contributed by atoms with Crippen LogP contribution in [0.25, 0.3) is 0 Å². The molecule has 1 heterocycles. The first kappa shape index (κ1) is 12.6. The molecule has 0 unspecified atom stereocenters. The number of hydrogen-bond acceptors (Lipinski definition) is 2. The Kier molecular flexibility index (Phi) is 4.57. The first-order valence-corrected chi connectivity index (χ1v) is 6.68. The predicted octanol–water partition coefficient (Wildman–Crippen LogP) is 2.32. The van der Waals surface area contributed by atoms with Gasteiger partial charge < -0.3 is 5.11 Å². The molecule has 1 saturated heterocycles.